The fraction of sp³-hybridized carbons (Fsp3) is 0.0127. The van der Waals surface area contributed by atoms with E-state index in [1.807, 2.05) is 97.3 Å². The van der Waals surface area contributed by atoms with Crippen molar-refractivity contribution in [2.45, 2.75) is 6.92 Å². The number of nitrogens with two attached hydrogens (primary N) is 1. The third-order valence-electron chi connectivity index (χ3n) is 16.1. The van der Waals surface area contributed by atoms with Crippen molar-refractivity contribution in [2.75, 3.05) is 11.1 Å². The number of aromatic amines is 1. The van der Waals surface area contributed by atoms with Crippen molar-refractivity contribution in [1.82, 2.24) is 97.3 Å². The number of hydrogen-bond donors (Lipinski definition) is 3. The average molecular weight is 1500 g/mol. The van der Waals surface area contributed by atoms with Gasteiger partial charge < -0.3 is 20.6 Å². The lowest BCUT2D eigenvalue weighted by Gasteiger charge is -2.10. The van der Waals surface area contributed by atoms with Crippen LogP contribution in [0.25, 0.3) is 113 Å². The molecule has 23 nitrogen and oxygen atoms in total. The SMILES string of the molecule is CC(=O)Nc1cn2nc(-c3c(-c4ccc(F)cc4)ncn3-c3cccnc3)ccc2n1.Fc1ccc(-c2cn(-c3cccnc3)cn2)cc1.Fc1ccc(-c2cnc[nH]2)cc1.Fc1ccc(-c2ncn(-c3cccnc3)c2Br)cc1.Nc1cn2nc(-c3c(-c4ccc(F)cc4)ncn3-c3cccnc3)ccc2n1. The van der Waals surface area contributed by atoms with Crippen LogP contribution >= 0.6 is 15.9 Å². The molecule has 0 saturated carbocycles. The summed E-state index contributed by atoms with van der Waals surface area (Å²) in [4.78, 5) is 61.1. The Balaban J connectivity index is 0.000000117. The summed E-state index contributed by atoms with van der Waals surface area (Å²) in [6.45, 7) is 1.42. The van der Waals surface area contributed by atoms with E-state index < -0.39 is 0 Å². The van der Waals surface area contributed by atoms with Gasteiger partial charge in [0.1, 0.15) is 87.0 Å². The first kappa shape index (κ1) is 70.4. The Bertz CT molecular complexity index is 6010. The maximum Gasteiger partial charge on any atom is 0.222 e. The number of halogens is 6. The van der Waals surface area contributed by atoms with Gasteiger partial charge >= 0.3 is 0 Å². The molecule has 0 bridgehead atoms. The van der Waals surface area contributed by atoms with Crippen LogP contribution in [-0.4, -0.2) is 103 Å². The predicted molar refractivity (Wildman–Crippen MR) is 401 cm³/mol. The summed E-state index contributed by atoms with van der Waals surface area (Å²) in [5, 5.41) is 12.0. The molecule has 13 heterocycles. The van der Waals surface area contributed by atoms with Crippen LogP contribution in [0, 0.1) is 29.1 Å². The minimum absolute atomic E-state index is 0.211. The van der Waals surface area contributed by atoms with Gasteiger partial charge in [0.15, 0.2) is 17.1 Å². The molecule has 13 aromatic heterocycles. The number of amides is 1. The van der Waals surface area contributed by atoms with Crippen molar-refractivity contribution in [3.05, 3.63) is 334 Å². The molecule has 4 N–H and O–H groups in total. The molecule has 1 amide bonds. The Morgan fingerprint density at radius 2 is 0.833 bits per heavy atom. The van der Waals surface area contributed by atoms with Gasteiger partial charge in [0, 0.05) is 60.2 Å². The maximum atomic E-state index is 13.5. The fourth-order valence-corrected chi connectivity index (χ4v) is 11.7. The number of fused-ring (bicyclic) bond motifs is 2. The molecule has 0 saturated heterocycles. The number of benzene rings is 5. The molecule has 0 radical (unpaired) electrons. The highest BCUT2D eigenvalue weighted by Gasteiger charge is 2.22. The van der Waals surface area contributed by atoms with Crippen LogP contribution in [0.15, 0.2) is 305 Å². The number of nitrogen functional groups attached to an aromatic ring is 1. The van der Waals surface area contributed by atoms with Crippen LogP contribution in [-0.2, 0) is 4.79 Å². The first-order valence-electron chi connectivity index (χ1n) is 32.8. The molecule has 18 aromatic rings. The van der Waals surface area contributed by atoms with E-state index in [2.05, 4.69) is 91.3 Å². The number of H-pyrrole nitrogens is 1. The minimum atomic E-state index is -0.319. The van der Waals surface area contributed by atoms with E-state index in [1.165, 1.54) is 67.6 Å². The first-order valence-corrected chi connectivity index (χ1v) is 33.6. The molecule has 18 rings (SSSR count). The van der Waals surface area contributed by atoms with E-state index in [0.29, 0.717) is 45.7 Å². The lowest BCUT2D eigenvalue weighted by Crippen LogP contribution is -2.05. The van der Waals surface area contributed by atoms with Gasteiger partial charge in [0.2, 0.25) is 5.91 Å². The molecule has 0 aliphatic heterocycles. The van der Waals surface area contributed by atoms with E-state index in [-0.39, 0.29) is 35.0 Å². The number of rotatable bonds is 12. The number of nitrogens with zero attached hydrogens (tertiary/aromatic N) is 19. The second-order valence-corrected chi connectivity index (χ2v) is 24.2. The Morgan fingerprint density at radius 1 is 0.417 bits per heavy atom. The van der Waals surface area contributed by atoms with E-state index in [0.717, 1.165) is 83.6 Å². The molecular formula is C79H56BrF5N22O. The molecular weight excluding hydrogens is 1450 g/mol. The minimum Gasteiger partial charge on any atom is -0.382 e. The number of anilines is 2. The number of carbonyl (C=O) groups excluding carboxylic acids is 1. The lowest BCUT2D eigenvalue weighted by atomic mass is 10.1. The summed E-state index contributed by atoms with van der Waals surface area (Å²) in [7, 11) is 0. The average Bonchev–Trinajstić information content (AvgIpc) is 1.61. The Kier molecular flexibility index (Phi) is 21.1. The van der Waals surface area contributed by atoms with Crippen molar-refractivity contribution in [2.24, 2.45) is 0 Å². The van der Waals surface area contributed by atoms with Gasteiger partial charge in [-0.25, -0.2) is 65.9 Å². The summed E-state index contributed by atoms with van der Waals surface area (Å²) in [5.74, 6) is -0.751. The molecule has 0 atom stereocenters. The van der Waals surface area contributed by atoms with Crippen LogP contribution < -0.4 is 11.1 Å². The Hall–Kier alpha value is -14.6. The van der Waals surface area contributed by atoms with Crippen molar-refractivity contribution in [1.29, 1.82) is 0 Å². The third kappa shape index (κ3) is 16.6. The smallest absolute Gasteiger partial charge is 0.222 e. The zero-order chi connectivity index (χ0) is 74.5. The molecule has 530 valence electrons. The zero-order valence-corrected chi connectivity index (χ0v) is 58.1. The number of pyridine rings is 4. The quantitative estimate of drug-likeness (QED) is 0.0960. The van der Waals surface area contributed by atoms with E-state index in [4.69, 9.17) is 5.73 Å². The number of carbonyl (C=O) groups is 1. The van der Waals surface area contributed by atoms with Crippen LogP contribution in [0.2, 0.25) is 0 Å². The van der Waals surface area contributed by atoms with E-state index in [1.54, 1.807) is 169 Å². The molecule has 5 aromatic carbocycles. The summed E-state index contributed by atoms with van der Waals surface area (Å²) >= 11 is 3.52. The van der Waals surface area contributed by atoms with Crippen LogP contribution in [0.3, 0.4) is 0 Å². The van der Waals surface area contributed by atoms with Gasteiger partial charge in [0.25, 0.3) is 0 Å². The Labute approximate surface area is 619 Å². The fourth-order valence-electron chi connectivity index (χ4n) is 11.1. The van der Waals surface area contributed by atoms with E-state index in [9.17, 15) is 26.7 Å². The molecule has 0 spiro atoms. The monoisotopic (exact) mass is 1500 g/mol. The van der Waals surface area contributed by atoms with Gasteiger partial charge in [-0.1, -0.05) is 0 Å². The standard InChI is InChI=1S/C22H16FN7O.C20H14FN7.C14H9BrFN3.C14H10FN3.C9H7FN2/c1-14(31)26-19-12-30-20(27-19)9-8-18(28-30)22-21(15-4-6-16(23)7-5-15)25-13-29(22)17-3-2-10-24-11-17;21-14-5-3-13(4-6-14)19-20(27(12-24-19)15-2-1-9-23-10-15)16-7-8-18-25-17(22)11-28(18)26-16;15-14-13(10-3-5-11(16)6-4-10)18-9-19(14)12-2-1-7-17-8-12;15-12-5-3-11(4-6-12)14-9-18(10-17-14)13-2-1-7-16-8-13;10-8-3-1-7(2-4-8)9-5-11-6-12-9/h2-13H,1H3,(H,26,31);1-12H,22H2;1-9H;1-10H;1-6H,(H,11,12). The molecule has 0 aliphatic rings. The molecule has 108 heavy (non-hydrogen) atoms. The lowest BCUT2D eigenvalue weighted by molar-refractivity contribution is -0.114. The normalized spacial score (nSPS) is 10.8. The summed E-state index contributed by atoms with van der Waals surface area (Å²) in [5.41, 5.74) is 21.3. The van der Waals surface area contributed by atoms with Gasteiger partial charge in [-0.15, -0.1) is 0 Å². The number of hydrogen-bond acceptors (Lipinski definition) is 15. The van der Waals surface area contributed by atoms with Crippen LogP contribution in [0.4, 0.5) is 33.6 Å². The second-order valence-electron chi connectivity index (χ2n) is 23.4. The van der Waals surface area contributed by atoms with Crippen molar-refractivity contribution in [3.63, 3.8) is 0 Å². The summed E-state index contributed by atoms with van der Waals surface area (Å²) in [6.07, 6.45) is 29.1. The Morgan fingerprint density at radius 3 is 1.29 bits per heavy atom. The van der Waals surface area contributed by atoms with Gasteiger partial charge in [0.05, 0.1) is 102 Å². The largest absolute Gasteiger partial charge is 0.382 e. The molecule has 0 unspecified atom stereocenters. The second kappa shape index (κ2) is 32.4. The summed E-state index contributed by atoms with van der Waals surface area (Å²) < 4.78 is 76.7. The topological polar surface area (TPSA) is 267 Å². The highest BCUT2D eigenvalue weighted by Crippen LogP contribution is 2.35. The molecule has 0 aliphatic carbocycles. The molecule has 29 heteroatoms. The zero-order valence-electron chi connectivity index (χ0n) is 56.5. The molecule has 0 fully saturated rings. The number of aromatic nitrogens is 20. The van der Waals surface area contributed by atoms with E-state index >= 15 is 0 Å². The summed E-state index contributed by atoms with van der Waals surface area (Å²) in [6, 6.07) is 53.7. The number of nitrogens with one attached hydrogen (secondary N) is 2. The van der Waals surface area contributed by atoms with Crippen LogP contribution in [0.5, 0.6) is 0 Å². The highest BCUT2D eigenvalue weighted by molar-refractivity contribution is 9.10. The van der Waals surface area contributed by atoms with Crippen molar-refractivity contribution >= 4 is 44.8 Å². The van der Waals surface area contributed by atoms with Gasteiger partial charge in [-0.3, -0.25) is 38.4 Å². The third-order valence-corrected chi connectivity index (χ3v) is 16.9. The first-order chi connectivity index (χ1) is 52.7. The predicted octanol–water partition coefficient (Wildman–Crippen LogP) is 16.2. The van der Waals surface area contributed by atoms with Crippen molar-refractivity contribution in [3.8, 4) is 102 Å². The van der Waals surface area contributed by atoms with Gasteiger partial charge in [-0.2, -0.15) is 10.2 Å². The number of imidazole rings is 7. The maximum absolute atomic E-state index is 13.5. The van der Waals surface area contributed by atoms with Crippen LogP contribution in [0.1, 0.15) is 6.92 Å². The van der Waals surface area contributed by atoms with Crippen molar-refractivity contribution < 1.29 is 26.7 Å². The highest BCUT2D eigenvalue weighted by atomic mass is 79.9. The van der Waals surface area contributed by atoms with Gasteiger partial charge in [-0.05, 0) is 216 Å².